The predicted molar refractivity (Wildman–Crippen MR) is 184 cm³/mol. The van der Waals surface area contributed by atoms with E-state index < -0.39 is 37.9 Å². The van der Waals surface area contributed by atoms with Gasteiger partial charge < -0.3 is 9.80 Å². The predicted octanol–water partition coefficient (Wildman–Crippen LogP) is 4.57. The summed E-state index contributed by atoms with van der Waals surface area (Å²) in [5.41, 5.74) is -1.61. The summed E-state index contributed by atoms with van der Waals surface area (Å²) in [7, 11) is -3.98. The smallest absolute Gasteiger partial charge is 0.350 e. The Labute approximate surface area is 287 Å². The van der Waals surface area contributed by atoms with Crippen LogP contribution in [0.15, 0.2) is 58.5 Å². The number of aromatic nitrogens is 4. The first kappa shape index (κ1) is 34.6. The van der Waals surface area contributed by atoms with Crippen LogP contribution in [0.1, 0.15) is 31.7 Å². The number of piperazine rings is 1. The molecule has 2 aliphatic heterocycles. The standard InChI is InChI=1S/C34H36ClF2N7O4S/c1-21-12-13-38-33(49(3,47)48)30(21)44-32-23(19-26(37)29(39-32)28-24(35)9-7-10-25(28)36)31(40-34(44)46)43-18-17-42(20-22(43)2)27(45)11-8-16-41-14-5-4-6-15-41/h7-13,19,22H,4-6,14-18,20H2,1-3H3/b11-8+/t22-/m0/s1. The maximum absolute atomic E-state index is 16.0. The second-order valence-corrected chi connectivity index (χ2v) is 14.8. The van der Waals surface area contributed by atoms with Gasteiger partial charge in [-0.1, -0.05) is 30.2 Å². The second-order valence-electron chi connectivity index (χ2n) is 12.5. The third-order valence-corrected chi connectivity index (χ3v) is 10.3. The van der Waals surface area contributed by atoms with E-state index in [0.29, 0.717) is 25.2 Å². The average Bonchev–Trinajstić information content (AvgIpc) is 3.05. The van der Waals surface area contributed by atoms with Crippen molar-refractivity contribution in [1.29, 1.82) is 0 Å². The molecular weight excluding hydrogens is 676 g/mol. The molecule has 0 bridgehead atoms. The molecule has 1 amide bonds. The average molecular weight is 712 g/mol. The number of piperidine rings is 1. The van der Waals surface area contributed by atoms with Crippen molar-refractivity contribution in [2.75, 3.05) is 50.4 Å². The van der Waals surface area contributed by atoms with E-state index in [4.69, 9.17) is 11.6 Å². The number of carbonyl (C=O) groups is 1. The zero-order chi connectivity index (χ0) is 35.0. The lowest BCUT2D eigenvalue weighted by atomic mass is 10.1. The van der Waals surface area contributed by atoms with Crippen LogP contribution in [-0.2, 0) is 14.6 Å². The van der Waals surface area contributed by atoms with E-state index in [1.807, 2.05) is 13.0 Å². The maximum Gasteiger partial charge on any atom is 0.355 e. The molecule has 2 saturated heterocycles. The number of carbonyl (C=O) groups excluding carboxylic acids is 1. The number of rotatable bonds is 7. The minimum Gasteiger partial charge on any atom is -0.350 e. The molecule has 258 valence electrons. The SMILES string of the molecule is Cc1ccnc(S(C)(=O)=O)c1-n1c(=O)nc(N2CCN(C(=O)/C=C/CN3CCCCC3)C[C@@H]2C)c2cc(F)c(-c3c(F)cccc3Cl)nc21. The molecule has 4 aromatic rings. The highest BCUT2D eigenvalue weighted by Gasteiger charge is 2.31. The number of likely N-dealkylation sites (tertiary alicyclic amines) is 1. The highest BCUT2D eigenvalue weighted by atomic mass is 35.5. The fraction of sp³-hybridized carbons (Fsp3) is 0.382. The summed E-state index contributed by atoms with van der Waals surface area (Å²) in [6, 6.07) is 6.12. The zero-order valence-electron chi connectivity index (χ0n) is 27.4. The van der Waals surface area contributed by atoms with Crippen LogP contribution in [0, 0.1) is 18.6 Å². The van der Waals surface area contributed by atoms with Gasteiger partial charge in [-0.2, -0.15) is 4.98 Å². The van der Waals surface area contributed by atoms with E-state index in [2.05, 4.69) is 19.9 Å². The molecule has 49 heavy (non-hydrogen) atoms. The first-order valence-electron chi connectivity index (χ1n) is 16.0. The Morgan fingerprint density at radius 3 is 2.51 bits per heavy atom. The van der Waals surface area contributed by atoms with Crippen LogP contribution in [-0.4, -0.2) is 95.2 Å². The number of nitrogens with zero attached hydrogens (tertiary/aromatic N) is 7. The molecule has 2 aliphatic rings. The van der Waals surface area contributed by atoms with Crippen molar-refractivity contribution in [3.63, 3.8) is 0 Å². The van der Waals surface area contributed by atoms with Crippen molar-refractivity contribution >= 4 is 44.2 Å². The molecule has 0 N–H and O–H groups in total. The van der Waals surface area contributed by atoms with Gasteiger partial charge in [0, 0.05) is 50.7 Å². The molecule has 1 aromatic carbocycles. The molecule has 6 rings (SSSR count). The van der Waals surface area contributed by atoms with Crippen molar-refractivity contribution in [3.05, 3.63) is 81.4 Å². The second kappa shape index (κ2) is 13.9. The minimum atomic E-state index is -3.98. The van der Waals surface area contributed by atoms with Crippen LogP contribution < -0.4 is 10.6 Å². The van der Waals surface area contributed by atoms with Crippen LogP contribution in [0.3, 0.4) is 0 Å². The molecule has 0 radical (unpaired) electrons. The van der Waals surface area contributed by atoms with Gasteiger partial charge in [-0.3, -0.25) is 9.69 Å². The molecule has 0 saturated carbocycles. The number of sulfone groups is 1. The third-order valence-electron chi connectivity index (χ3n) is 8.95. The topological polar surface area (TPSA) is 122 Å². The van der Waals surface area contributed by atoms with Crippen LogP contribution in [0.5, 0.6) is 0 Å². The van der Waals surface area contributed by atoms with Gasteiger partial charge in [0.1, 0.15) is 17.3 Å². The van der Waals surface area contributed by atoms with E-state index in [1.54, 1.807) is 22.8 Å². The minimum absolute atomic E-state index is 0.0732. The number of fused-ring (bicyclic) bond motifs is 1. The lowest BCUT2D eigenvalue weighted by molar-refractivity contribution is -0.126. The molecule has 0 unspecified atom stereocenters. The lowest BCUT2D eigenvalue weighted by Gasteiger charge is -2.40. The lowest BCUT2D eigenvalue weighted by Crippen LogP contribution is -2.54. The number of aryl methyl sites for hydroxylation is 1. The van der Waals surface area contributed by atoms with Crippen molar-refractivity contribution in [3.8, 4) is 16.9 Å². The van der Waals surface area contributed by atoms with Crippen LogP contribution >= 0.6 is 11.6 Å². The highest BCUT2D eigenvalue weighted by molar-refractivity contribution is 7.90. The fourth-order valence-corrected chi connectivity index (χ4v) is 7.63. The summed E-state index contributed by atoms with van der Waals surface area (Å²) in [5, 5.41) is -0.442. The number of amides is 1. The Bertz CT molecular complexity index is 2120. The summed E-state index contributed by atoms with van der Waals surface area (Å²) >= 11 is 6.30. The molecule has 0 aliphatic carbocycles. The van der Waals surface area contributed by atoms with E-state index in [-0.39, 0.29) is 51.6 Å². The van der Waals surface area contributed by atoms with Gasteiger partial charge in [0.15, 0.2) is 26.3 Å². The molecule has 11 nitrogen and oxygen atoms in total. The van der Waals surface area contributed by atoms with E-state index in [9.17, 15) is 18.0 Å². The van der Waals surface area contributed by atoms with Crippen molar-refractivity contribution in [2.24, 2.45) is 0 Å². The van der Waals surface area contributed by atoms with Crippen molar-refractivity contribution < 1.29 is 22.0 Å². The van der Waals surface area contributed by atoms with Gasteiger partial charge in [-0.05, 0) is 69.6 Å². The Balaban J connectivity index is 1.45. The van der Waals surface area contributed by atoms with Crippen molar-refractivity contribution in [2.45, 2.75) is 44.2 Å². The van der Waals surface area contributed by atoms with Gasteiger partial charge in [0.05, 0.1) is 21.7 Å². The Morgan fingerprint density at radius 2 is 1.82 bits per heavy atom. The first-order valence-corrected chi connectivity index (χ1v) is 18.3. The first-order chi connectivity index (χ1) is 23.3. The molecular formula is C34H36ClF2N7O4S. The van der Waals surface area contributed by atoms with E-state index in [1.165, 1.54) is 30.8 Å². The fourth-order valence-electron chi connectivity index (χ4n) is 6.52. The maximum atomic E-state index is 16.0. The molecule has 3 aromatic heterocycles. The van der Waals surface area contributed by atoms with Gasteiger partial charge in [0.2, 0.25) is 5.91 Å². The van der Waals surface area contributed by atoms with Gasteiger partial charge in [-0.25, -0.2) is 36.5 Å². The molecule has 15 heteroatoms. The molecule has 0 spiro atoms. The molecule has 1 atom stereocenters. The summed E-state index contributed by atoms with van der Waals surface area (Å²) in [4.78, 5) is 45.8. The van der Waals surface area contributed by atoms with Crippen LogP contribution in [0.2, 0.25) is 5.02 Å². The summed E-state index contributed by atoms with van der Waals surface area (Å²) < 4.78 is 57.8. The molecule has 5 heterocycles. The van der Waals surface area contributed by atoms with Gasteiger partial charge >= 0.3 is 5.69 Å². The van der Waals surface area contributed by atoms with E-state index >= 15 is 8.78 Å². The Morgan fingerprint density at radius 1 is 1.06 bits per heavy atom. The van der Waals surface area contributed by atoms with E-state index in [0.717, 1.165) is 48.9 Å². The number of benzene rings is 1. The summed E-state index contributed by atoms with van der Waals surface area (Å²) in [6.07, 6.45) is 9.28. The summed E-state index contributed by atoms with van der Waals surface area (Å²) in [5.74, 6) is -1.80. The van der Waals surface area contributed by atoms with Gasteiger partial charge in [-0.15, -0.1) is 0 Å². The normalized spacial score (nSPS) is 17.7. The quantitative estimate of drug-likeness (QED) is 0.254. The molecule has 2 fully saturated rings. The zero-order valence-corrected chi connectivity index (χ0v) is 28.9. The number of hydrogen-bond donors (Lipinski definition) is 0. The summed E-state index contributed by atoms with van der Waals surface area (Å²) in [6.45, 7) is 7.09. The number of pyridine rings is 2. The highest BCUT2D eigenvalue weighted by Crippen LogP contribution is 2.36. The number of hydrogen-bond acceptors (Lipinski definition) is 9. The Hall–Kier alpha value is -4.27. The monoisotopic (exact) mass is 711 g/mol. The third kappa shape index (κ3) is 6.94. The van der Waals surface area contributed by atoms with Gasteiger partial charge in [0.25, 0.3) is 0 Å². The largest absolute Gasteiger partial charge is 0.355 e. The van der Waals surface area contributed by atoms with Crippen LogP contribution in [0.4, 0.5) is 14.6 Å². The number of halogens is 3. The number of anilines is 1. The van der Waals surface area contributed by atoms with Crippen molar-refractivity contribution in [1.82, 2.24) is 29.3 Å². The Kier molecular flexibility index (Phi) is 9.83. The van der Waals surface area contributed by atoms with Crippen LogP contribution in [0.25, 0.3) is 28.0 Å².